The third-order valence-corrected chi connectivity index (χ3v) is 7.68. The molecule has 0 spiro atoms. The van der Waals surface area contributed by atoms with Gasteiger partial charge in [-0.2, -0.15) is 0 Å². The molecule has 5 rings (SSSR count). The Morgan fingerprint density at radius 1 is 1.44 bits per heavy atom. The van der Waals surface area contributed by atoms with Crippen molar-refractivity contribution >= 4 is 39.1 Å². The van der Waals surface area contributed by atoms with Crippen LogP contribution in [0.25, 0.3) is 0 Å². The number of hydrogen-bond acceptors (Lipinski definition) is 3. The Hall–Kier alpha value is -0.980. The molecular weight excluding hydrogens is 430 g/mol. The van der Waals surface area contributed by atoms with Crippen molar-refractivity contribution in [3.05, 3.63) is 22.2 Å². The molecule has 3 fully saturated rings. The average Bonchev–Trinajstić information content (AvgIpc) is 3.06. The van der Waals surface area contributed by atoms with Gasteiger partial charge in [-0.25, -0.2) is 0 Å². The Balaban J connectivity index is 1.55. The minimum absolute atomic E-state index is 0.0302. The van der Waals surface area contributed by atoms with Crippen LogP contribution in [0.15, 0.2) is 6.07 Å². The van der Waals surface area contributed by atoms with Crippen LogP contribution in [0, 0.1) is 5.92 Å². The van der Waals surface area contributed by atoms with E-state index in [1.165, 1.54) is 45.3 Å². The van der Waals surface area contributed by atoms with E-state index in [0.29, 0.717) is 34.5 Å². The van der Waals surface area contributed by atoms with Gasteiger partial charge in [0.15, 0.2) is 0 Å². The number of fused-ring (bicyclic) bond motifs is 4. The summed E-state index contributed by atoms with van der Waals surface area (Å²) in [5.41, 5.74) is 7.91. The summed E-state index contributed by atoms with van der Waals surface area (Å²) in [5.74, 6) is 1.06. The summed E-state index contributed by atoms with van der Waals surface area (Å²) in [5, 5.41) is 3.72. The van der Waals surface area contributed by atoms with E-state index in [1.54, 1.807) is 6.07 Å². The van der Waals surface area contributed by atoms with Gasteiger partial charge in [0, 0.05) is 18.4 Å². The highest BCUT2D eigenvalue weighted by Gasteiger charge is 2.46. The average molecular weight is 458 g/mol. The Kier molecular flexibility index (Phi) is 5.34. The van der Waals surface area contributed by atoms with Crippen molar-refractivity contribution in [3.8, 4) is 5.75 Å². The van der Waals surface area contributed by atoms with Crippen molar-refractivity contribution in [1.82, 2.24) is 5.32 Å². The smallest absolute Gasteiger partial charge is 0.255 e. The van der Waals surface area contributed by atoms with E-state index in [-0.39, 0.29) is 16.8 Å². The van der Waals surface area contributed by atoms with Gasteiger partial charge in [0.05, 0.1) is 53.3 Å². The summed E-state index contributed by atoms with van der Waals surface area (Å²) in [4.78, 5) is 13.1. The zero-order valence-corrected chi connectivity index (χ0v) is 18.1. The number of amides is 1. The fraction of sp³-hybridized carbons (Fsp3) is 0.650. The minimum atomic E-state index is -0.0952. The number of carbonyl (C=O) groups is 1. The van der Waals surface area contributed by atoms with Crippen LogP contribution in [0.5, 0.6) is 5.75 Å². The van der Waals surface area contributed by atoms with Gasteiger partial charge in [-0.1, -0.05) is 40.9 Å². The maximum Gasteiger partial charge on any atom is 0.255 e. The molecule has 3 saturated heterocycles. The number of halogens is 2. The maximum absolute atomic E-state index is 13.1. The first-order valence-electron chi connectivity index (χ1n) is 9.99. The predicted molar refractivity (Wildman–Crippen MR) is 112 cm³/mol. The van der Waals surface area contributed by atoms with E-state index in [0.717, 1.165) is 16.6 Å². The van der Waals surface area contributed by atoms with Crippen molar-refractivity contribution in [1.29, 1.82) is 0 Å². The molecule has 27 heavy (non-hydrogen) atoms. The fourth-order valence-corrected chi connectivity index (χ4v) is 5.84. The van der Waals surface area contributed by atoms with Gasteiger partial charge in [-0.3, -0.25) is 4.79 Å². The highest BCUT2D eigenvalue weighted by molar-refractivity contribution is 9.09. The second-order valence-corrected chi connectivity index (χ2v) is 9.82. The van der Waals surface area contributed by atoms with E-state index in [2.05, 4.69) is 28.2 Å². The predicted octanol–water partition coefficient (Wildman–Crippen LogP) is 3.89. The summed E-state index contributed by atoms with van der Waals surface area (Å²) in [6, 6.07) is 1.88. The summed E-state index contributed by atoms with van der Waals surface area (Å²) >= 11 is 9.87. The first-order valence-corrected chi connectivity index (χ1v) is 11.3. The Morgan fingerprint density at radius 3 is 2.89 bits per heavy atom. The fourth-order valence-electron chi connectivity index (χ4n) is 5.05. The number of ether oxygens (including phenoxy) is 1. The number of unbranched alkanes of at least 4 members (excludes halogenated alkanes) is 1. The molecule has 0 radical (unpaired) electrons. The number of alkyl halides is 1. The lowest BCUT2D eigenvalue weighted by Crippen LogP contribution is -2.67. The number of benzene rings is 1. The van der Waals surface area contributed by atoms with E-state index >= 15 is 0 Å². The molecule has 4 heterocycles. The van der Waals surface area contributed by atoms with Crippen LogP contribution in [-0.2, 0) is 0 Å². The van der Waals surface area contributed by atoms with E-state index < -0.39 is 0 Å². The summed E-state index contributed by atoms with van der Waals surface area (Å²) in [6.45, 7) is 7.50. The number of nitrogens with one attached hydrogen (secondary N) is 1. The van der Waals surface area contributed by atoms with Crippen molar-refractivity contribution in [3.63, 3.8) is 0 Å². The topological polar surface area (TPSA) is 64.4 Å². The molecule has 2 unspecified atom stereocenters. The number of rotatable bonds is 5. The van der Waals surface area contributed by atoms with Crippen LogP contribution < -0.4 is 15.8 Å². The van der Waals surface area contributed by atoms with Crippen LogP contribution in [-0.4, -0.2) is 49.2 Å². The molecular formula is C20H28BrClN3O2+. The van der Waals surface area contributed by atoms with E-state index in [9.17, 15) is 4.79 Å². The second-order valence-electron chi connectivity index (χ2n) is 8.31. The van der Waals surface area contributed by atoms with Gasteiger partial charge in [-0.15, -0.1) is 0 Å². The SMILES string of the molecule is CCCC[N+]12CCC(CC1)C(NC(=O)c1cc(Cl)c(N)c3c1OCC3Br)C2. The second kappa shape index (κ2) is 7.45. The number of anilines is 1. The zero-order chi connectivity index (χ0) is 19.2. The van der Waals surface area contributed by atoms with Crippen LogP contribution in [0.1, 0.15) is 53.4 Å². The first-order chi connectivity index (χ1) is 12.9. The summed E-state index contributed by atoms with van der Waals surface area (Å²) in [7, 11) is 0. The Morgan fingerprint density at radius 2 is 2.19 bits per heavy atom. The number of carbonyl (C=O) groups excluding carboxylic acids is 1. The molecule has 4 aliphatic heterocycles. The van der Waals surface area contributed by atoms with Gasteiger partial charge in [-0.05, 0) is 18.4 Å². The van der Waals surface area contributed by atoms with Crippen LogP contribution >= 0.6 is 27.5 Å². The van der Waals surface area contributed by atoms with Gasteiger partial charge >= 0.3 is 0 Å². The first kappa shape index (κ1) is 19.3. The molecule has 4 aliphatic rings. The van der Waals surface area contributed by atoms with Crippen molar-refractivity contribution < 1.29 is 14.0 Å². The molecule has 7 heteroatoms. The zero-order valence-electron chi connectivity index (χ0n) is 15.8. The van der Waals surface area contributed by atoms with Crippen LogP contribution in [0.4, 0.5) is 5.69 Å². The lowest BCUT2D eigenvalue weighted by Gasteiger charge is -2.52. The number of nitrogen functional groups attached to an aromatic ring is 1. The molecule has 3 N–H and O–H groups in total. The maximum atomic E-state index is 13.1. The Labute approximate surface area is 174 Å². The minimum Gasteiger partial charge on any atom is -0.491 e. The highest BCUT2D eigenvalue weighted by atomic mass is 79.9. The molecule has 1 amide bonds. The normalized spacial score (nSPS) is 31.4. The molecule has 148 valence electrons. The standard InChI is InChI=1S/C20H27BrClN3O2/c1-2-3-6-25-7-4-12(5-8-25)16(10-25)24-20(26)13-9-15(22)18(23)17-14(21)11-27-19(13)17/h9,12,14,16H,2-8,10-11H2,1H3,(H2-,23,24,26)/p+1. The largest absolute Gasteiger partial charge is 0.491 e. The van der Waals surface area contributed by atoms with Crippen molar-refractivity contribution in [2.75, 3.05) is 38.5 Å². The van der Waals surface area contributed by atoms with Crippen molar-refractivity contribution in [2.45, 2.75) is 43.5 Å². The summed E-state index contributed by atoms with van der Waals surface area (Å²) in [6.07, 6.45) is 4.89. The number of quaternary nitrogens is 1. The molecule has 2 atom stereocenters. The lowest BCUT2D eigenvalue weighted by atomic mass is 9.81. The monoisotopic (exact) mass is 456 g/mol. The quantitative estimate of drug-likeness (QED) is 0.400. The number of nitrogens with two attached hydrogens (primary N) is 1. The molecule has 0 aliphatic carbocycles. The van der Waals surface area contributed by atoms with E-state index in [4.69, 9.17) is 22.1 Å². The molecule has 0 saturated carbocycles. The summed E-state index contributed by atoms with van der Waals surface area (Å²) < 4.78 is 6.94. The Bertz CT molecular complexity index is 749. The van der Waals surface area contributed by atoms with Gasteiger partial charge in [0.2, 0.25) is 0 Å². The molecule has 1 aromatic carbocycles. The van der Waals surface area contributed by atoms with E-state index in [1.807, 2.05) is 0 Å². The lowest BCUT2D eigenvalue weighted by molar-refractivity contribution is -0.944. The van der Waals surface area contributed by atoms with Gasteiger partial charge in [0.25, 0.3) is 5.91 Å². The number of hydrogen-bond donors (Lipinski definition) is 2. The van der Waals surface area contributed by atoms with Gasteiger partial charge < -0.3 is 20.3 Å². The van der Waals surface area contributed by atoms with Crippen LogP contribution in [0.3, 0.4) is 0 Å². The molecule has 5 nitrogen and oxygen atoms in total. The number of nitrogens with zero attached hydrogens (tertiary/aromatic N) is 1. The third kappa shape index (κ3) is 3.45. The molecule has 2 bridgehead atoms. The number of piperidine rings is 3. The molecule has 0 aromatic heterocycles. The highest BCUT2D eigenvalue weighted by Crippen LogP contribution is 2.46. The van der Waals surface area contributed by atoms with Gasteiger partial charge in [0.1, 0.15) is 12.4 Å². The molecule has 1 aromatic rings. The van der Waals surface area contributed by atoms with Crippen LogP contribution in [0.2, 0.25) is 5.02 Å². The van der Waals surface area contributed by atoms with Crippen molar-refractivity contribution in [2.24, 2.45) is 5.92 Å². The third-order valence-electron chi connectivity index (χ3n) is 6.64.